The van der Waals surface area contributed by atoms with Crippen molar-refractivity contribution in [2.75, 3.05) is 18.4 Å². The first-order valence-electron chi connectivity index (χ1n) is 9.23. The largest absolute Gasteiger partial charge is 0.495 e. The molecule has 30 heavy (non-hydrogen) atoms. The molecule has 0 fully saturated rings. The van der Waals surface area contributed by atoms with Crippen LogP contribution in [0.15, 0.2) is 51.8 Å². The number of nitrogens with one attached hydrogen (secondary N) is 3. The standard InChI is InChI=1S/C20H24BrN3O5S/c1-4-11-22-19(25)13(2)23-20(26)14-5-10-17(29-3)18(12-14)30(27,28)24-16-8-6-15(21)7-9-16/h5-10,12-13,24H,4,11H2,1-3H3,(H,22,25)(H,23,26). The molecule has 2 aromatic carbocycles. The maximum atomic E-state index is 12.9. The number of hydrogen-bond acceptors (Lipinski definition) is 5. The number of sulfonamides is 1. The van der Waals surface area contributed by atoms with E-state index in [-0.39, 0.29) is 22.1 Å². The van der Waals surface area contributed by atoms with Crippen molar-refractivity contribution >= 4 is 43.5 Å². The van der Waals surface area contributed by atoms with Gasteiger partial charge in [0.05, 0.1) is 7.11 Å². The third-order valence-electron chi connectivity index (χ3n) is 4.10. The molecule has 0 radical (unpaired) electrons. The van der Waals surface area contributed by atoms with E-state index in [1.165, 1.54) is 25.3 Å². The number of carbonyl (C=O) groups excluding carboxylic acids is 2. The minimum atomic E-state index is -4.03. The lowest BCUT2D eigenvalue weighted by Gasteiger charge is -2.16. The summed E-state index contributed by atoms with van der Waals surface area (Å²) in [7, 11) is -2.69. The van der Waals surface area contributed by atoms with Crippen molar-refractivity contribution in [1.82, 2.24) is 10.6 Å². The molecule has 2 amide bonds. The van der Waals surface area contributed by atoms with E-state index in [0.29, 0.717) is 12.2 Å². The van der Waals surface area contributed by atoms with Crippen LogP contribution < -0.4 is 20.1 Å². The third kappa shape index (κ3) is 6.20. The van der Waals surface area contributed by atoms with Gasteiger partial charge in [0.15, 0.2) is 0 Å². The molecular formula is C20H24BrN3O5S. The van der Waals surface area contributed by atoms with Gasteiger partial charge < -0.3 is 15.4 Å². The van der Waals surface area contributed by atoms with Gasteiger partial charge in [0.25, 0.3) is 15.9 Å². The number of methoxy groups -OCH3 is 1. The van der Waals surface area contributed by atoms with Crippen molar-refractivity contribution < 1.29 is 22.7 Å². The minimum Gasteiger partial charge on any atom is -0.495 e. The van der Waals surface area contributed by atoms with Crippen molar-refractivity contribution in [2.24, 2.45) is 0 Å². The number of carbonyl (C=O) groups is 2. The van der Waals surface area contributed by atoms with Gasteiger partial charge in [-0.2, -0.15) is 0 Å². The molecular weight excluding hydrogens is 474 g/mol. The van der Waals surface area contributed by atoms with Crippen LogP contribution in [-0.2, 0) is 14.8 Å². The molecule has 0 bridgehead atoms. The van der Waals surface area contributed by atoms with E-state index in [2.05, 4.69) is 31.3 Å². The smallest absolute Gasteiger partial charge is 0.265 e. The average Bonchev–Trinajstić information content (AvgIpc) is 2.72. The second-order valence-electron chi connectivity index (χ2n) is 6.46. The number of benzene rings is 2. The molecule has 1 atom stereocenters. The molecule has 0 spiro atoms. The molecule has 1 unspecified atom stereocenters. The predicted molar refractivity (Wildman–Crippen MR) is 118 cm³/mol. The molecule has 10 heteroatoms. The van der Waals surface area contributed by atoms with Gasteiger partial charge in [-0.15, -0.1) is 0 Å². The van der Waals surface area contributed by atoms with Crippen LogP contribution in [0.1, 0.15) is 30.6 Å². The summed E-state index contributed by atoms with van der Waals surface area (Å²) in [6, 6.07) is 9.87. The summed E-state index contributed by atoms with van der Waals surface area (Å²) in [5.74, 6) is -0.801. The number of hydrogen-bond donors (Lipinski definition) is 3. The molecule has 3 N–H and O–H groups in total. The Morgan fingerprint density at radius 3 is 2.40 bits per heavy atom. The molecule has 2 aromatic rings. The molecule has 0 aromatic heterocycles. The van der Waals surface area contributed by atoms with Gasteiger partial charge in [0.2, 0.25) is 5.91 Å². The van der Waals surface area contributed by atoms with Crippen LogP contribution >= 0.6 is 15.9 Å². The second kappa shape index (κ2) is 10.4. The number of rotatable bonds is 9. The first kappa shape index (κ1) is 23.7. The SMILES string of the molecule is CCCNC(=O)C(C)NC(=O)c1ccc(OC)c(S(=O)(=O)Nc2ccc(Br)cc2)c1. The van der Waals surface area contributed by atoms with Crippen molar-refractivity contribution in [3.8, 4) is 5.75 Å². The summed E-state index contributed by atoms with van der Waals surface area (Å²) in [6.45, 7) is 3.98. The fourth-order valence-electron chi connectivity index (χ4n) is 2.50. The lowest BCUT2D eigenvalue weighted by Crippen LogP contribution is -2.45. The fourth-order valence-corrected chi connectivity index (χ4v) is 4.02. The Kier molecular flexibility index (Phi) is 8.24. The van der Waals surface area contributed by atoms with Crippen LogP contribution in [0.25, 0.3) is 0 Å². The molecule has 8 nitrogen and oxygen atoms in total. The number of amides is 2. The molecule has 0 aliphatic carbocycles. The monoisotopic (exact) mass is 497 g/mol. The average molecular weight is 498 g/mol. The third-order valence-corrected chi connectivity index (χ3v) is 6.03. The normalized spacial score (nSPS) is 12.0. The van der Waals surface area contributed by atoms with E-state index >= 15 is 0 Å². The predicted octanol–water partition coefficient (Wildman–Crippen LogP) is 2.90. The van der Waals surface area contributed by atoms with Crippen molar-refractivity contribution in [3.05, 3.63) is 52.5 Å². The topological polar surface area (TPSA) is 114 Å². The van der Waals surface area contributed by atoms with Crippen LogP contribution in [0.5, 0.6) is 5.75 Å². The molecule has 2 rings (SSSR count). The molecule has 0 aliphatic heterocycles. The van der Waals surface area contributed by atoms with E-state index in [1.807, 2.05) is 6.92 Å². The van der Waals surface area contributed by atoms with Gasteiger partial charge in [-0.3, -0.25) is 14.3 Å². The maximum absolute atomic E-state index is 12.9. The number of ether oxygens (including phenoxy) is 1. The van der Waals surface area contributed by atoms with Gasteiger partial charge in [-0.1, -0.05) is 22.9 Å². The summed E-state index contributed by atoms with van der Waals surface area (Å²) in [6.07, 6.45) is 0.775. The Labute approximate surface area is 184 Å². The van der Waals surface area contributed by atoms with Gasteiger partial charge in [0.1, 0.15) is 16.7 Å². The quantitative estimate of drug-likeness (QED) is 0.492. The Morgan fingerprint density at radius 1 is 1.13 bits per heavy atom. The van der Waals surface area contributed by atoms with E-state index in [9.17, 15) is 18.0 Å². The summed E-state index contributed by atoms with van der Waals surface area (Å²) in [5, 5.41) is 5.26. The lowest BCUT2D eigenvalue weighted by molar-refractivity contribution is -0.122. The Morgan fingerprint density at radius 2 is 1.80 bits per heavy atom. The van der Waals surface area contributed by atoms with Crippen LogP contribution in [0.2, 0.25) is 0 Å². The second-order valence-corrected chi connectivity index (χ2v) is 9.03. The van der Waals surface area contributed by atoms with E-state index in [0.717, 1.165) is 10.9 Å². The summed E-state index contributed by atoms with van der Waals surface area (Å²) in [4.78, 5) is 24.3. The Hall–Kier alpha value is -2.59. The van der Waals surface area contributed by atoms with Gasteiger partial charge >= 0.3 is 0 Å². The van der Waals surface area contributed by atoms with Crippen molar-refractivity contribution in [2.45, 2.75) is 31.2 Å². The van der Waals surface area contributed by atoms with E-state index in [4.69, 9.17) is 4.74 Å². The lowest BCUT2D eigenvalue weighted by atomic mass is 10.2. The van der Waals surface area contributed by atoms with E-state index < -0.39 is 22.0 Å². The van der Waals surface area contributed by atoms with Crippen LogP contribution in [0.3, 0.4) is 0 Å². The highest BCUT2D eigenvalue weighted by molar-refractivity contribution is 9.10. The molecule has 0 heterocycles. The Bertz CT molecular complexity index is 1010. The van der Waals surface area contributed by atoms with Crippen molar-refractivity contribution in [3.63, 3.8) is 0 Å². The molecule has 0 aliphatic rings. The summed E-state index contributed by atoms with van der Waals surface area (Å²) < 4.78 is 34.2. The Balaban J connectivity index is 2.26. The van der Waals surface area contributed by atoms with Gasteiger partial charge in [0, 0.05) is 22.3 Å². The number of halogens is 1. The summed E-state index contributed by atoms with van der Waals surface area (Å²) >= 11 is 3.29. The van der Waals surface area contributed by atoms with E-state index in [1.54, 1.807) is 31.2 Å². The highest BCUT2D eigenvalue weighted by Gasteiger charge is 2.23. The first-order valence-corrected chi connectivity index (χ1v) is 11.5. The minimum absolute atomic E-state index is 0.0853. The zero-order valence-electron chi connectivity index (χ0n) is 16.9. The zero-order chi connectivity index (χ0) is 22.3. The molecule has 162 valence electrons. The highest BCUT2D eigenvalue weighted by Crippen LogP contribution is 2.27. The van der Waals surface area contributed by atoms with Crippen LogP contribution in [-0.4, -0.2) is 39.9 Å². The van der Waals surface area contributed by atoms with Crippen LogP contribution in [0, 0.1) is 0 Å². The highest BCUT2D eigenvalue weighted by atomic mass is 79.9. The zero-order valence-corrected chi connectivity index (χ0v) is 19.3. The number of anilines is 1. The van der Waals surface area contributed by atoms with Gasteiger partial charge in [-0.05, 0) is 55.8 Å². The maximum Gasteiger partial charge on any atom is 0.265 e. The molecule has 0 saturated heterocycles. The first-order chi connectivity index (χ1) is 14.2. The fraction of sp³-hybridized carbons (Fsp3) is 0.300. The van der Waals surface area contributed by atoms with Crippen LogP contribution in [0.4, 0.5) is 5.69 Å². The van der Waals surface area contributed by atoms with Crippen molar-refractivity contribution in [1.29, 1.82) is 0 Å². The molecule has 0 saturated carbocycles. The van der Waals surface area contributed by atoms with Gasteiger partial charge in [-0.25, -0.2) is 8.42 Å². The summed E-state index contributed by atoms with van der Waals surface area (Å²) in [5.41, 5.74) is 0.443.